The minimum Gasteiger partial charge on any atom is -0.508 e. The van der Waals surface area contributed by atoms with E-state index >= 15 is 0 Å². The Balaban J connectivity index is 0.000000164. The molecule has 0 unspecified atom stereocenters. The van der Waals surface area contributed by atoms with Crippen LogP contribution < -0.4 is 25.7 Å². The summed E-state index contributed by atoms with van der Waals surface area (Å²) in [5.74, 6) is 3.65. The third-order valence-electron chi connectivity index (χ3n) is 9.26. The zero-order chi connectivity index (χ0) is 37.1. The molecule has 5 heterocycles. The molecule has 11 nitrogen and oxygen atoms in total. The molecule has 4 aliphatic heterocycles. The van der Waals surface area contributed by atoms with Crippen LogP contribution in [0.3, 0.4) is 0 Å². The molecule has 0 radical (unpaired) electrons. The Hall–Kier alpha value is -5.27. The highest BCUT2D eigenvalue weighted by Gasteiger charge is 2.49. The Morgan fingerprint density at radius 3 is 2.04 bits per heavy atom. The monoisotopic (exact) mass is 839 g/mol. The molecule has 0 aliphatic carbocycles. The van der Waals surface area contributed by atoms with Gasteiger partial charge in [-0.15, -0.1) is 0 Å². The van der Waals surface area contributed by atoms with Gasteiger partial charge in [-0.3, -0.25) is 4.98 Å². The number of nitrogens with zero attached hydrogens (tertiary/aromatic N) is 3. The van der Waals surface area contributed by atoms with Gasteiger partial charge in [0, 0.05) is 44.7 Å². The number of hydrogen-bond acceptors (Lipinski definition) is 11. The van der Waals surface area contributed by atoms with Crippen LogP contribution in [0.5, 0.6) is 34.5 Å². The summed E-state index contributed by atoms with van der Waals surface area (Å²) < 4.78 is 31.2. The predicted molar refractivity (Wildman–Crippen MR) is 208 cm³/mol. The van der Waals surface area contributed by atoms with Gasteiger partial charge in [0.1, 0.15) is 47.7 Å². The van der Waals surface area contributed by atoms with Gasteiger partial charge in [0.25, 0.3) is 12.0 Å². The highest BCUT2D eigenvalue weighted by molar-refractivity contribution is 9.10. The highest BCUT2D eigenvalue weighted by atomic mass is 79.9. The first-order valence-electron chi connectivity index (χ1n) is 16.8. The second kappa shape index (κ2) is 13.0. The van der Waals surface area contributed by atoms with E-state index in [1.54, 1.807) is 24.4 Å². The van der Waals surface area contributed by atoms with Crippen molar-refractivity contribution in [3.05, 3.63) is 122 Å². The average molecular weight is 842 g/mol. The molecular formula is C40H35Br2N5O6. The quantitative estimate of drug-likeness (QED) is 0.162. The summed E-state index contributed by atoms with van der Waals surface area (Å²) in [4.78, 5) is 13.6. The van der Waals surface area contributed by atoms with E-state index < -0.39 is 11.1 Å². The van der Waals surface area contributed by atoms with Crippen LogP contribution in [-0.4, -0.2) is 42.0 Å². The first-order valence-corrected chi connectivity index (χ1v) is 18.4. The summed E-state index contributed by atoms with van der Waals surface area (Å²) in [6.45, 7) is 7.53. The van der Waals surface area contributed by atoms with Crippen LogP contribution in [0.2, 0.25) is 0 Å². The molecule has 9 rings (SSSR count). The van der Waals surface area contributed by atoms with Crippen molar-refractivity contribution >= 4 is 43.9 Å². The van der Waals surface area contributed by atoms with Crippen LogP contribution >= 0.6 is 31.9 Å². The standard InChI is InChI=1S/C25H24BrN3O3.C15H11BrN2O3/c1-24(2,3)13-30-20-9-8-19-21(22(20)26)25(14-31-23(27)29-25)17-11-15(6-7-18(17)32-19)16-5-4-10-28-12-16;16-8-1-3-12-10(5-8)15(7-20-14(17)18-15)11-6-9(19)2-4-13(11)21-12/h4-12H,13-14H2,1-3H3,(H2,27,29);1-6,19H,7H2,(H2,17,18)/t25-;15-/m00/s1. The van der Waals surface area contributed by atoms with E-state index in [9.17, 15) is 5.11 Å². The van der Waals surface area contributed by atoms with Crippen molar-refractivity contribution in [2.45, 2.75) is 31.8 Å². The number of rotatable bonds is 3. The van der Waals surface area contributed by atoms with E-state index in [4.69, 9.17) is 40.1 Å². The summed E-state index contributed by atoms with van der Waals surface area (Å²) >= 11 is 7.24. The van der Waals surface area contributed by atoms with Crippen molar-refractivity contribution in [1.29, 1.82) is 0 Å². The lowest BCUT2D eigenvalue weighted by Crippen LogP contribution is -2.32. The largest absolute Gasteiger partial charge is 0.508 e. The summed E-state index contributed by atoms with van der Waals surface area (Å²) in [7, 11) is 0. The van der Waals surface area contributed by atoms with Crippen molar-refractivity contribution in [3.8, 4) is 45.6 Å². The zero-order valence-corrected chi connectivity index (χ0v) is 32.2. The lowest BCUT2D eigenvalue weighted by Gasteiger charge is -2.35. The van der Waals surface area contributed by atoms with Crippen molar-refractivity contribution < 1.29 is 28.8 Å². The maximum absolute atomic E-state index is 9.82. The first-order chi connectivity index (χ1) is 25.3. The lowest BCUT2D eigenvalue weighted by molar-refractivity contribution is 0.195. The zero-order valence-electron chi connectivity index (χ0n) is 29.0. The summed E-state index contributed by atoms with van der Waals surface area (Å²) in [6.07, 6.45) is 3.60. The number of halogens is 2. The normalized spacial score (nSPS) is 20.2. The number of ether oxygens (including phenoxy) is 5. The van der Waals surface area contributed by atoms with E-state index in [0.717, 1.165) is 53.8 Å². The molecule has 53 heavy (non-hydrogen) atoms. The topological polar surface area (TPSA) is 156 Å². The van der Waals surface area contributed by atoms with Gasteiger partial charge in [-0.1, -0.05) is 48.8 Å². The SMILES string of the molecule is CC(C)(C)COc1ccc2c(c1Br)[C@]1(COC(N)=N1)c1cc(-c3cccnc3)ccc1O2.NC1=N[C@]2(CO1)c1cc(O)ccc1Oc1ccc(Br)cc12. The maximum atomic E-state index is 9.82. The summed E-state index contributed by atoms with van der Waals surface area (Å²) in [5.41, 5.74) is 15.5. The number of benzene rings is 4. The Kier molecular flexibility index (Phi) is 8.53. The number of phenols is 1. The fourth-order valence-electron chi connectivity index (χ4n) is 6.84. The Labute approximate surface area is 322 Å². The Morgan fingerprint density at radius 2 is 1.38 bits per heavy atom. The fourth-order valence-corrected chi connectivity index (χ4v) is 7.97. The van der Waals surface area contributed by atoms with Crippen LogP contribution in [0.4, 0.5) is 0 Å². The van der Waals surface area contributed by atoms with Crippen molar-refractivity contribution in [1.82, 2.24) is 4.98 Å². The van der Waals surface area contributed by atoms with Crippen LogP contribution in [0, 0.1) is 5.41 Å². The third-order valence-corrected chi connectivity index (χ3v) is 10.5. The van der Waals surface area contributed by atoms with Gasteiger partial charge in [0.05, 0.1) is 11.1 Å². The smallest absolute Gasteiger partial charge is 0.283 e. The number of fused-ring (bicyclic) bond motifs is 8. The van der Waals surface area contributed by atoms with Gasteiger partial charge in [-0.05, 0) is 93.6 Å². The number of aliphatic imine (C=N–C) groups is 2. The van der Waals surface area contributed by atoms with Gasteiger partial charge in [0.2, 0.25) is 0 Å². The summed E-state index contributed by atoms with van der Waals surface area (Å²) in [5, 5.41) is 9.82. The number of pyridine rings is 1. The van der Waals surface area contributed by atoms with E-state index in [0.29, 0.717) is 23.9 Å². The average Bonchev–Trinajstić information content (AvgIpc) is 3.72. The first kappa shape index (κ1) is 34.8. The molecule has 0 amide bonds. The Bertz CT molecular complexity index is 2280. The number of phenolic OH excluding ortho intramolecular Hbond substituents is 1. The highest BCUT2D eigenvalue weighted by Crippen LogP contribution is 2.56. The molecular weight excluding hydrogens is 806 g/mol. The number of aromatic hydroxyl groups is 1. The third kappa shape index (κ3) is 6.21. The predicted octanol–water partition coefficient (Wildman–Crippen LogP) is 8.48. The molecule has 4 aromatic carbocycles. The van der Waals surface area contributed by atoms with Gasteiger partial charge >= 0.3 is 0 Å². The molecule has 5 N–H and O–H groups in total. The van der Waals surface area contributed by atoms with Crippen molar-refractivity contribution in [2.75, 3.05) is 19.8 Å². The van der Waals surface area contributed by atoms with Crippen LogP contribution in [-0.2, 0) is 20.6 Å². The van der Waals surface area contributed by atoms with Crippen LogP contribution in [0.25, 0.3) is 11.1 Å². The minimum absolute atomic E-state index is 0.0216. The molecule has 4 aliphatic rings. The van der Waals surface area contributed by atoms with E-state index in [1.165, 1.54) is 0 Å². The van der Waals surface area contributed by atoms with Gasteiger partial charge in [-0.25, -0.2) is 9.98 Å². The lowest BCUT2D eigenvalue weighted by atomic mass is 9.80. The molecule has 1 aromatic heterocycles. The number of aromatic nitrogens is 1. The molecule has 13 heteroatoms. The van der Waals surface area contributed by atoms with Crippen molar-refractivity contribution in [3.63, 3.8) is 0 Å². The van der Waals surface area contributed by atoms with E-state index in [2.05, 4.69) is 68.7 Å². The Morgan fingerprint density at radius 1 is 0.755 bits per heavy atom. The fraction of sp³-hybridized carbons (Fsp3) is 0.225. The molecule has 0 bridgehead atoms. The maximum Gasteiger partial charge on any atom is 0.283 e. The van der Waals surface area contributed by atoms with Crippen LogP contribution in [0.15, 0.2) is 110 Å². The summed E-state index contributed by atoms with van der Waals surface area (Å²) in [6, 6.07) is 24.8. The number of nitrogens with two attached hydrogens (primary N) is 2. The second-order valence-electron chi connectivity index (χ2n) is 14.3. The molecule has 2 spiro atoms. The van der Waals surface area contributed by atoms with Gasteiger partial charge < -0.3 is 40.3 Å². The van der Waals surface area contributed by atoms with Gasteiger partial charge in [-0.2, -0.15) is 0 Å². The molecule has 0 saturated heterocycles. The molecule has 2 atom stereocenters. The second-order valence-corrected chi connectivity index (χ2v) is 16.0. The number of amidine groups is 2. The van der Waals surface area contributed by atoms with Gasteiger partial charge in [0.15, 0.2) is 11.1 Å². The minimum atomic E-state index is -0.842. The van der Waals surface area contributed by atoms with E-state index in [-0.39, 0.29) is 36.4 Å². The molecule has 270 valence electrons. The van der Waals surface area contributed by atoms with E-state index in [1.807, 2.05) is 60.8 Å². The number of hydrogen-bond donors (Lipinski definition) is 3. The molecule has 0 saturated carbocycles. The van der Waals surface area contributed by atoms with Crippen molar-refractivity contribution in [2.24, 2.45) is 26.9 Å². The molecule has 0 fully saturated rings. The molecule has 5 aromatic rings. The van der Waals surface area contributed by atoms with Crippen LogP contribution in [0.1, 0.15) is 43.0 Å².